The Morgan fingerprint density at radius 1 is 0.848 bits per heavy atom. The molecule has 5 aliphatic rings. The maximum atomic E-state index is 14.0. The Labute approximate surface area is 461 Å². The van der Waals surface area contributed by atoms with Gasteiger partial charge in [-0.2, -0.15) is 15.2 Å². The number of piperidine rings is 1. The second kappa shape index (κ2) is 22.9. The van der Waals surface area contributed by atoms with Gasteiger partial charge >= 0.3 is 12.0 Å². The monoisotopic (exact) mass is 1070 g/mol. The Bertz CT molecular complexity index is 3250. The van der Waals surface area contributed by atoms with E-state index in [9.17, 15) is 30.2 Å². The predicted octanol–water partition coefficient (Wildman–Crippen LogP) is 6.31. The third-order valence-corrected chi connectivity index (χ3v) is 17.1. The van der Waals surface area contributed by atoms with Crippen molar-refractivity contribution in [2.75, 3.05) is 95.4 Å². The first-order valence-electron chi connectivity index (χ1n) is 27.9. The molecule has 79 heavy (non-hydrogen) atoms. The van der Waals surface area contributed by atoms with Crippen LogP contribution in [0, 0.1) is 17.2 Å². The second-order valence-electron chi connectivity index (χ2n) is 22.2. The minimum atomic E-state index is -0.312. The number of aromatic nitrogens is 5. The van der Waals surface area contributed by atoms with E-state index < -0.39 is 0 Å². The van der Waals surface area contributed by atoms with Crippen LogP contribution in [0.1, 0.15) is 67.8 Å². The summed E-state index contributed by atoms with van der Waals surface area (Å²) in [5.74, 6) is 1.03. The zero-order chi connectivity index (χ0) is 54.9. The zero-order valence-corrected chi connectivity index (χ0v) is 45.5. The molecule has 4 fully saturated rings. The maximum Gasteiger partial charge on any atom is 0.319 e. The molecule has 19 nitrogen and oxygen atoms in total. The third-order valence-electron chi connectivity index (χ3n) is 17.1. The van der Waals surface area contributed by atoms with Crippen molar-refractivity contribution >= 4 is 34.1 Å². The van der Waals surface area contributed by atoms with Crippen molar-refractivity contribution in [1.29, 1.82) is 5.26 Å². The molecule has 4 saturated heterocycles. The number of aromatic hydroxyl groups is 3. The molecule has 11 rings (SSSR count). The second-order valence-corrected chi connectivity index (χ2v) is 22.2. The molecule has 0 unspecified atom stereocenters. The van der Waals surface area contributed by atoms with Gasteiger partial charge in [-0.3, -0.25) is 24.3 Å². The number of nitriles is 1. The van der Waals surface area contributed by atoms with E-state index in [-0.39, 0.29) is 65.5 Å². The van der Waals surface area contributed by atoms with Gasteiger partial charge in [-0.15, -0.1) is 5.10 Å². The first-order valence-corrected chi connectivity index (χ1v) is 27.9. The van der Waals surface area contributed by atoms with Crippen molar-refractivity contribution in [1.82, 2.24) is 49.2 Å². The standard InChI is InChI=1S/C60H71N13O6/c1-5-55(76)72-30-29-71(36-44(72)17-21-61)56-48-20-24-70(52-12-8-10-41-9-6-7-11-47(41)52)37-51(48)62-59(63-56)79-38-46-31-45(35-66(46)4)68-22-18-42(19-23-68)58(77)69-27-25-67(26-28-69)34-40-13-15-43(16-14-40)73-57(64-65-60(73)78)50-32-49(39(2)3)53(74)33-54(50)75/h5-16,32-33,39,42,44-46,74-75H,1,17-20,22-31,34-38H2,2-4H3,(H,65,78)/t44-,45-,46-/m0/s1. The van der Waals surface area contributed by atoms with Crippen LogP contribution in [0.15, 0.2) is 91.5 Å². The first-order chi connectivity index (χ1) is 38.3. The maximum absolute atomic E-state index is 14.0. The van der Waals surface area contributed by atoms with Crippen LogP contribution in [0.2, 0.25) is 0 Å². The van der Waals surface area contributed by atoms with E-state index in [0.717, 1.165) is 94.1 Å². The molecule has 0 radical (unpaired) electrons. The topological polar surface area (TPSA) is 207 Å². The number of carbonyl (C=O) groups is 2. The highest BCUT2D eigenvalue weighted by atomic mass is 16.5. The van der Waals surface area contributed by atoms with Crippen LogP contribution in [-0.2, 0) is 29.1 Å². The Morgan fingerprint density at radius 3 is 2.38 bits per heavy atom. The number of benzene rings is 4. The van der Waals surface area contributed by atoms with Crippen molar-refractivity contribution in [2.24, 2.45) is 5.92 Å². The number of amides is 2. The zero-order valence-electron chi connectivity index (χ0n) is 45.5. The fourth-order valence-electron chi connectivity index (χ4n) is 12.6. The number of hydrogen-bond acceptors (Lipinski definition) is 16. The number of fused-ring (bicyclic) bond motifs is 2. The number of ether oxygens (including phenoxy) is 1. The minimum Gasteiger partial charge on any atom is -0.508 e. The number of likely N-dealkylation sites (N-methyl/N-ethyl adjacent to an activating group) is 1. The number of piperazine rings is 2. The van der Waals surface area contributed by atoms with E-state index in [0.29, 0.717) is 74.7 Å². The summed E-state index contributed by atoms with van der Waals surface area (Å²) in [6.07, 6.45) is 4.91. The lowest BCUT2D eigenvalue weighted by molar-refractivity contribution is -0.139. The lowest BCUT2D eigenvalue weighted by Crippen LogP contribution is -2.55. The van der Waals surface area contributed by atoms with E-state index in [2.05, 4.69) is 102 Å². The molecular formula is C60H71N13O6. The van der Waals surface area contributed by atoms with Gasteiger partial charge in [0.1, 0.15) is 23.9 Å². The highest BCUT2D eigenvalue weighted by Crippen LogP contribution is 2.40. The summed E-state index contributed by atoms with van der Waals surface area (Å²) in [4.78, 5) is 52.8. The molecule has 412 valence electrons. The highest BCUT2D eigenvalue weighted by Gasteiger charge is 2.39. The van der Waals surface area contributed by atoms with Gasteiger partial charge < -0.3 is 39.7 Å². The quantitative estimate of drug-likeness (QED) is 0.102. The number of likely N-dealkylation sites (tertiary alicyclic amines) is 2. The molecule has 4 aromatic carbocycles. The average molecular weight is 1070 g/mol. The smallest absolute Gasteiger partial charge is 0.319 e. The molecule has 2 amide bonds. The Morgan fingerprint density at radius 2 is 1.62 bits per heavy atom. The van der Waals surface area contributed by atoms with Crippen LogP contribution in [0.3, 0.4) is 0 Å². The number of anilines is 2. The van der Waals surface area contributed by atoms with Gasteiger partial charge in [0.05, 0.1) is 42.0 Å². The van der Waals surface area contributed by atoms with E-state index in [1.54, 1.807) is 11.0 Å². The molecule has 0 spiro atoms. The van der Waals surface area contributed by atoms with Crippen LogP contribution in [0.25, 0.3) is 27.8 Å². The van der Waals surface area contributed by atoms with Crippen LogP contribution < -0.4 is 14.5 Å². The number of phenolic OH excluding ortho intramolecular Hbond substituents is 2. The minimum absolute atomic E-state index is 0.00206. The van der Waals surface area contributed by atoms with E-state index in [4.69, 9.17) is 14.7 Å². The van der Waals surface area contributed by atoms with Gasteiger partial charge in [0.2, 0.25) is 11.8 Å². The molecule has 0 saturated carbocycles. The predicted molar refractivity (Wildman–Crippen MR) is 301 cm³/mol. The first kappa shape index (κ1) is 53.2. The molecule has 3 N–H and O–H groups in total. The molecule has 19 heteroatoms. The summed E-state index contributed by atoms with van der Waals surface area (Å²) in [5, 5.41) is 52.1. The lowest BCUT2D eigenvalue weighted by atomic mass is 9.93. The van der Waals surface area contributed by atoms with Gasteiger partial charge in [-0.1, -0.05) is 74.1 Å². The molecule has 5 aliphatic heterocycles. The van der Waals surface area contributed by atoms with Crippen molar-refractivity contribution in [3.05, 3.63) is 114 Å². The van der Waals surface area contributed by atoms with Crippen molar-refractivity contribution in [3.63, 3.8) is 0 Å². The number of phenols is 2. The number of carbonyl (C=O) groups excluding carboxylic acids is 2. The van der Waals surface area contributed by atoms with Gasteiger partial charge in [0, 0.05) is 106 Å². The SMILES string of the molecule is C=CC(=O)N1CCN(c2nc(OC[C@@H]3C[C@H](N4CCC(C(=O)N5CCN(Cc6ccc(-n7c(O)nnc7-c7cc(C(C)C)c(O)cc7O)cc6)CC5)CC4)CN3C)nc3c2CCN(c2cccc4ccccc24)C3)C[C@@H]1CC#N. The fourth-order valence-corrected chi connectivity index (χ4v) is 12.6. The fraction of sp³-hybridized carbons (Fsp3) is 0.450. The molecule has 3 atom stereocenters. The Kier molecular flexibility index (Phi) is 15.4. The summed E-state index contributed by atoms with van der Waals surface area (Å²) < 4.78 is 8.11. The Balaban J connectivity index is 0.682. The van der Waals surface area contributed by atoms with Gasteiger partial charge in [0.15, 0.2) is 5.82 Å². The molecule has 0 bridgehead atoms. The lowest BCUT2D eigenvalue weighted by Gasteiger charge is -2.42. The third kappa shape index (κ3) is 11.0. The number of rotatable bonds is 14. The normalized spacial score (nSPS) is 20.7. The van der Waals surface area contributed by atoms with Gasteiger partial charge in [-0.05, 0) is 98.6 Å². The van der Waals surface area contributed by atoms with Crippen molar-refractivity contribution in [3.8, 4) is 46.7 Å². The summed E-state index contributed by atoms with van der Waals surface area (Å²) >= 11 is 0. The van der Waals surface area contributed by atoms with Crippen LogP contribution in [0.4, 0.5) is 11.5 Å². The van der Waals surface area contributed by atoms with Crippen LogP contribution in [-0.4, -0.2) is 180 Å². The van der Waals surface area contributed by atoms with Gasteiger partial charge in [-0.25, -0.2) is 4.57 Å². The van der Waals surface area contributed by atoms with Crippen molar-refractivity contribution < 1.29 is 29.6 Å². The van der Waals surface area contributed by atoms with E-state index in [1.807, 2.05) is 38.1 Å². The van der Waals surface area contributed by atoms with Gasteiger partial charge in [0.25, 0.3) is 0 Å². The summed E-state index contributed by atoms with van der Waals surface area (Å²) in [6, 6.07) is 28.2. The molecule has 7 heterocycles. The largest absolute Gasteiger partial charge is 0.508 e. The summed E-state index contributed by atoms with van der Waals surface area (Å²) in [7, 11) is 2.16. The average Bonchev–Trinajstić information content (AvgIpc) is 4.11. The van der Waals surface area contributed by atoms with Crippen molar-refractivity contribution in [2.45, 2.75) is 83.1 Å². The summed E-state index contributed by atoms with van der Waals surface area (Å²) in [5.41, 5.74) is 5.91. The highest BCUT2D eigenvalue weighted by molar-refractivity contribution is 5.94. The van der Waals surface area contributed by atoms with E-state index >= 15 is 0 Å². The van der Waals surface area contributed by atoms with Crippen LogP contribution >= 0.6 is 0 Å². The molecule has 6 aromatic rings. The molecular weight excluding hydrogens is 999 g/mol. The number of nitrogens with zero attached hydrogens (tertiary/aromatic N) is 13. The van der Waals surface area contributed by atoms with E-state index in [1.165, 1.54) is 33.2 Å². The number of hydrogen-bond donors (Lipinski definition) is 3. The molecule has 0 aliphatic carbocycles. The van der Waals surface area contributed by atoms with Crippen LogP contribution in [0.5, 0.6) is 23.5 Å². The molecule has 2 aromatic heterocycles. The summed E-state index contributed by atoms with van der Waals surface area (Å²) in [6.45, 7) is 17.3. The Hall–Kier alpha value is -7.79.